The van der Waals surface area contributed by atoms with Gasteiger partial charge in [-0.15, -0.1) is 0 Å². The summed E-state index contributed by atoms with van der Waals surface area (Å²) in [4.78, 5) is 13.8. The first-order valence-corrected chi connectivity index (χ1v) is 10.2. The van der Waals surface area contributed by atoms with Crippen LogP contribution in [0.3, 0.4) is 0 Å². The van der Waals surface area contributed by atoms with Gasteiger partial charge in [-0.1, -0.05) is 54.6 Å². The van der Waals surface area contributed by atoms with Crippen molar-refractivity contribution in [3.05, 3.63) is 101 Å². The van der Waals surface area contributed by atoms with Crippen molar-refractivity contribution in [3.63, 3.8) is 0 Å². The van der Waals surface area contributed by atoms with Crippen molar-refractivity contribution in [2.45, 2.75) is 5.41 Å². The van der Waals surface area contributed by atoms with Crippen molar-refractivity contribution < 1.29 is 14.3 Å². The maximum Gasteiger partial charge on any atom is 0.325 e. The van der Waals surface area contributed by atoms with E-state index in [-0.39, 0.29) is 5.97 Å². The molecule has 0 bridgehead atoms. The number of hydrogen-bond acceptors (Lipinski definition) is 3. The Bertz CT molecular complexity index is 1330. The third kappa shape index (κ3) is 2.65. The topological polar surface area (TPSA) is 40.5 Å². The van der Waals surface area contributed by atoms with Crippen LogP contribution in [-0.4, -0.2) is 24.8 Å². The number of carbonyl (C=O) groups excluding carboxylic acids is 1. The van der Waals surface area contributed by atoms with Gasteiger partial charge in [0, 0.05) is 29.7 Å². The summed E-state index contributed by atoms with van der Waals surface area (Å²) in [6.45, 7) is 0. The first-order chi connectivity index (χ1) is 15.1. The summed E-state index contributed by atoms with van der Waals surface area (Å²) in [6.07, 6.45) is 4.16. The van der Waals surface area contributed by atoms with Crippen LogP contribution in [0.15, 0.2) is 79.0 Å². The average Bonchev–Trinajstić information content (AvgIpc) is 3.34. The minimum Gasteiger partial charge on any atom is -0.497 e. The van der Waals surface area contributed by atoms with Gasteiger partial charge in [0.15, 0.2) is 0 Å². The lowest BCUT2D eigenvalue weighted by atomic mass is 9.69. The first-order valence-electron chi connectivity index (χ1n) is 10.2. The van der Waals surface area contributed by atoms with E-state index in [1.54, 1.807) is 7.11 Å². The lowest BCUT2D eigenvalue weighted by Crippen LogP contribution is -2.38. The number of nitrogens with zero attached hydrogens (tertiary/aromatic N) is 1. The van der Waals surface area contributed by atoms with Gasteiger partial charge in [0.2, 0.25) is 0 Å². The lowest BCUT2D eigenvalue weighted by Gasteiger charge is -2.31. The van der Waals surface area contributed by atoms with E-state index in [2.05, 4.69) is 35.0 Å². The second-order valence-corrected chi connectivity index (χ2v) is 7.79. The predicted molar refractivity (Wildman–Crippen MR) is 123 cm³/mol. The lowest BCUT2D eigenvalue weighted by molar-refractivity contribution is -0.143. The number of methoxy groups -OCH3 is 2. The van der Waals surface area contributed by atoms with E-state index in [0.29, 0.717) is 0 Å². The van der Waals surface area contributed by atoms with Crippen molar-refractivity contribution in [3.8, 4) is 5.75 Å². The van der Waals surface area contributed by atoms with Gasteiger partial charge in [-0.2, -0.15) is 0 Å². The summed E-state index contributed by atoms with van der Waals surface area (Å²) in [6, 6.07) is 24.1. The Morgan fingerprint density at radius 2 is 1.58 bits per heavy atom. The molecule has 1 aliphatic carbocycles. The Hall–Kier alpha value is -3.79. The van der Waals surface area contributed by atoms with Crippen LogP contribution >= 0.6 is 0 Å². The number of ether oxygens (including phenoxy) is 2. The van der Waals surface area contributed by atoms with Crippen LogP contribution < -0.4 is 4.74 Å². The van der Waals surface area contributed by atoms with Crippen molar-refractivity contribution in [1.29, 1.82) is 0 Å². The Labute approximate surface area is 181 Å². The smallest absolute Gasteiger partial charge is 0.325 e. The number of fused-ring (bicyclic) bond motifs is 2. The van der Waals surface area contributed by atoms with Crippen molar-refractivity contribution >= 4 is 28.5 Å². The molecule has 4 heteroatoms. The van der Waals surface area contributed by atoms with Crippen molar-refractivity contribution in [2.24, 2.45) is 7.05 Å². The summed E-state index contributed by atoms with van der Waals surface area (Å²) in [5, 5.41) is 1.03. The van der Waals surface area contributed by atoms with Gasteiger partial charge in [-0.05, 0) is 46.5 Å². The van der Waals surface area contributed by atoms with E-state index >= 15 is 0 Å². The molecule has 1 heterocycles. The third-order valence-electron chi connectivity index (χ3n) is 6.26. The fourth-order valence-corrected chi connectivity index (χ4v) is 4.86. The highest BCUT2D eigenvalue weighted by Gasteiger charge is 2.52. The Morgan fingerprint density at radius 1 is 0.871 bits per heavy atom. The number of benzene rings is 3. The zero-order valence-electron chi connectivity index (χ0n) is 17.8. The van der Waals surface area contributed by atoms with Gasteiger partial charge in [-0.25, -0.2) is 0 Å². The van der Waals surface area contributed by atoms with E-state index in [4.69, 9.17) is 9.47 Å². The van der Waals surface area contributed by atoms with Gasteiger partial charge in [0.05, 0.1) is 14.2 Å². The van der Waals surface area contributed by atoms with Gasteiger partial charge in [0.1, 0.15) is 11.2 Å². The standard InChI is InChI=1S/C27H23NO3/c1-28-17-24(21-9-5-7-11-25(21)28)27(26(29)31-3)22-10-6-4-8-19(22)16-23(27)18-12-14-20(30-2)15-13-18/h4-17H,1-3H3. The molecule has 0 N–H and O–H groups in total. The van der Waals surface area contributed by atoms with Crippen LogP contribution in [0, 0.1) is 0 Å². The molecule has 5 rings (SSSR count). The number of para-hydroxylation sites is 1. The Balaban J connectivity index is 1.88. The molecule has 0 amide bonds. The van der Waals surface area contributed by atoms with Crippen LogP contribution in [0.1, 0.15) is 22.3 Å². The molecule has 1 aromatic heterocycles. The second-order valence-electron chi connectivity index (χ2n) is 7.79. The molecular weight excluding hydrogens is 386 g/mol. The zero-order chi connectivity index (χ0) is 21.6. The Morgan fingerprint density at radius 3 is 2.32 bits per heavy atom. The molecule has 0 radical (unpaired) electrons. The quantitative estimate of drug-likeness (QED) is 0.435. The van der Waals surface area contributed by atoms with Crippen LogP contribution in [0.25, 0.3) is 22.6 Å². The first kappa shape index (κ1) is 19.2. The van der Waals surface area contributed by atoms with Crippen molar-refractivity contribution in [1.82, 2.24) is 4.57 Å². The molecule has 1 aliphatic rings. The molecule has 0 aliphatic heterocycles. The molecule has 1 unspecified atom stereocenters. The minimum absolute atomic E-state index is 0.295. The minimum atomic E-state index is -1.07. The molecular formula is C27H23NO3. The molecule has 0 saturated carbocycles. The maximum absolute atomic E-state index is 13.8. The maximum atomic E-state index is 13.8. The van der Waals surface area contributed by atoms with E-state index in [0.717, 1.165) is 44.5 Å². The molecule has 31 heavy (non-hydrogen) atoms. The van der Waals surface area contributed by atoms with Gasteiger partial charge in [0.25, 0.3) is 0 Å². The number of hydrogen-bond donors (Lipinski definition) is 0. The molecule has 4 nitrogen and oxygen atoms in total. The molecule has 0 saturated heterocycles. The Kier molecular flexibility index (Phi) is 4.44. The number of carbonyl (C=O) groups is 1. The summed E-state index contributed by atoms with van der Waals surface area (Å²) in [5.41, 5.74) is 4.73. The monoisotopic (exact) mass is 409 g/mol. The SMILES string of the molecule is COC(=O)C1(c2cn(C)c3ccccc23)C(c2ccc(OC)cc2)=Cc2ccccc21. The van der Waals surface area contributed by atoms with E-state index in [9.17, 15) is 4.79 Å². The third-order valence-corrected chi connectivity index (χ3v) is 6.26. The highest BCUT2D eigenvalue weighted by molar-refractivity contribution is 6.14. The second kappa shape index (κ2) is 7.17. The molecule has 154 valence electrons. The van der Waals surface area contributed by atoms with E-state index in [1.165, 1.54) is 7.11 Å². The number of esters is 1. The summed E-state index contributed by atoms with van der Waals surface area (Å²) >= 11 is 0. The fourth-order valence-electron chi connectivity index (χ4n) is 4.86. The van der Waals surface area contributed by atoms with Crippen LogP contribution in [0.5, 0.6) is 5.75 Å². The predicted octanol–water partition coefficient (Wildman–Crippen LogP) is 5.20. The van der Waals surface area contributed by atoms with Gasteiger partial charge in [-0.3, -0.25) is 4.79 Å². The summed E-state index contributed by atoms with van der Waals surface area (Å²) in [7, 11) is 5.12. The molecule has 4 aromatic rings. The number of rotatable bonds is 4. The largest absolute Gasteiger partial charge is 0.497 e. The summed E-state index contributed by atoms with van der Waals surface area (Å²) < 4.78 is 12.9. The van der Waals surface area contributed by atoms with Crippen molar-refractivity contribution in [2.75, 3.05) is 14.2 Å². The number of aryl methyl sites for hydroxylation is 1. The summed E-state index contributed by atoms with van der Waals surface area (Å²) in [5.74, 6) is 0.476. The highest BCUT2D eigenvalue weighted by Crippen LogP contribution is 2.53. The van der Waals surface area contributed by atoms with Crippen LogP contribution in [0.4, 0.5) is 0 Å². The molecule has 3 aromatic carbocycles. The molecule has 1 atom stereocenters. The molecule has 0 spiro atoms. The number of aromatic nitrogens is 1. The van der Waals surface area contributed by atoms with Crippen LogP contribution in [-0.2, 0) is 22.0 Å². The van der Waals surface area contributed by atoms with E-state index < -0.39 is 5.41 Å². The van der Waals surface area contributed by atoms with Gasteiger partial charge < -0.3 is 14.0 Å². The zero-order valence-corrected chi connectivity index (χ0v) is 17.8. The van der Waals surface area contributed by atoms with E-state index in [1.807, 2.05) is 61.6 Å². The molecule has 0 fully saturated rings. The van der Waals surface area contributed by atoms with Crippen LogP contribution in [0.2, 0.25) is 0 Å². The fraction of sp³-hybridized carbons (Fsp3) is 0.148. The van der Waals surface area contributed by atoms with Gasteiger partial charge >= 0.3 is 5.97 Å². The normalized spacial score (nSPS) is 17.3. The highest BCUT2D eigenvalue weighted by atomic mass is 16.5. The average molecular weight is 409 g/mol.